The van der Waals surface area contributed by atoms with Crippen molar-refractivity contribution in [1.82, 2.24) is 20.1 Å². The number of anilines is 1. The summed E-state index contributed by atoms with van der Waals surface area (Å²) >= 11 is 7.31. The number of morpholine rings is 1. The molecular weight excluding hydrogens is 386 g/mol. The minimum Gasteiger partial charge on any atom is -0.378 e. The maximum atomic E-state index is 12.3. The fraction of sp³-hybridized carbons (Fsp3) is 0.500. The van der Waals surface area contributed by atoms with Crippen molar-refractivity contribution < 1.29 is 9.53 Å². The largest absolute Gasteiger partial charge is 0.378 e. The molecule has 1 atom stereocenters. The molecule has 2 heterocycles. The van der Waals surface area contributed by atoms with Gasteiger partial charge in [0, 0.05) is 24.7 Å². The molecule has 1 aromatic heterocycles. The van der Waals surface area contributed by atoms with E-state index in [4.69, 9.17) is 16.3 Å². The molecule has 3 rings (SSSR count). The van der Waals surface area contributed by atoms with Gasteiger partial charge in [-0.05, 0) is 31.5 Å². The molecule has 1 saturated heterocycles. The Hall–Kier alpha value is -1.77. The fourth-order valence-electron chi connectivity index (χ4n) is 2.91. The van der Waals surface area contributed by atoms with Crippen LogP contribution >= 0.6 is 23.4 Å². The van der Waals surface area contributed by atoms with Crippen LogP contribution in [-0.4, -0.2) is 52.7 Å². The fourth-order valence-corrected chi connectivity index (χ4v) is 3.84. The Morgan fingerprint density at radius 2 is 2.00 bits per heavy atom. The molecule has 1 N–H and O–H groups in total. The van der Waals surface area contributed by atoms with Gasteiger partial charge in [0.05, 0.1) is 25.0 Å². The predicted molar refractivity (Wildman–Crippen MR) is 107 cm³/mol. The highest BCUT2D eigenvalue weighted by Gasteiger charge is 2.20. The van der Waals surface area contributed by atoms with Gasteiger partial charge in [-0.1, -0.05) is 35.5 Å². The second kappa shape index (κ2) is 9.43. The summed E-state index contributed by atoms with van der Waals surface area (Å²) in [6, 6.07) is 7.41. The molecule has 27 heavy (non-hydrogen) atoms. The van der Waals surface area contributed by atoms with Gasteiger partial charge < -0.3 is 15.0 Å². The molecule has 0 spiro atoms. The number of thioether (sulfide) groups is 1. The minimum atomic E-state index is -0.0803. The lowest BCUT2D eigenvalue weighted by atomic mass is 10.1. The molecule has 146 valence electrons. The van der Waals surface area contributed by atoms with E-state index in [0.29, 0.717) is 24.0 Å². The lowest BCUT2D eigenvalue weighted by Crippen LogP contribution is -2.38. The SMILES string of the molecule is CCn1c(SCC(=O)N[C@@H](C)c2ccc(Cl)cc2)nnc1N1CCOCC1. The number of rotatable bonds is 7. The van der Waals surface area contributed by atoms with Gasteiger partial charge in [-0.15, -0.1) is 10.2 Å². The van der Waals surface area contributed by atoms with Crippen molar-refractivity contribution in [1.29, 1.82) is 0 Å². The van der Waals surface area contributed by atoms with Gasteiger partial charge in [0.25, 0.3) is 0 Å². The van der Waals surface area contributed by atoms with Crippen LogP contribution in [0, 0.1) is 0 Å². The molecule has 7 nitrogen and oxygen atoms in total. The first kappa shape index (κ1) is 20.0. The molecule has 1 amide bonds. The van der Waals surface area contributed by atoms with Crippen molar-refractivity contribution in [2.45, 2.75) is 31.6 Å². The number of aromatic nitrogens is 3. The molecule has 0 bridgehead atoms. The van der Waals surface area contributed by atoms with E-state index in [0.717, 1.165) is 36.3 Å². The number of carbonyl (C=O) groups excluding carboxylic acids is 1. The average Bonchev–Trinajstić information content (AvgIpc) is 3.10. The number of hydrogen-bond donors (Lipinski definition) is 1. The molecule has 2 aromatic rings. The van der Waals surface area contributed by atoms with Gasteiger partial charge in [0.1, 0.15) is 0 Å². The van der Waals surface area contributed by atoms with E-state index in [2.05, 4.69) is 27.3 Å². The number of hydrogen-bond acceptors (Lipinski definition) is 6. The van der Waals surface area contributed by atoms with E-state index < -0.39 is 0 Å². The minimum absolute atomic E-state index is 0.0407. The average molecular weight is 410 g/mol. The number of carbonyl (C=O) groups is 1. The molecule has 0 radical (unpaired) electrons. The normalized spacial score (nSPS) is 15.6. The van der Waals surface area contributed by atoms with Crippen molar-refractivity contribution in [3.05, 3.63) is 34.9 Å². The summed E-state index contributed by atoms with van der Waals surface area (Å²) in [6.07, 6.45) is 0. The number of nitrogens with zero attached hydrogens (tertiary/aromatic N) is 4. The molecule has 1 aromatic carbocycles. The summed E-state index contributed by atoms with van der Waals surface area (Å²) in [6.45, 7) is 7.78. The standard InChI is InChI=1S/C18H24ClN5O2S/c1-3-24-17(23-8-10-26-11-9-23)21-22-18(24)27-12-16(25)20-13(2)14-4-6-15(19)7-5-14/h4-7,13H,3,8-12H2,1-2H3,(H,20,25)/t13-/m0/s1. The van der Waals surface area contributed by atoms with Gasteiger partial charge in [0.15, 0.2) is 5.16 Å². The van der Waals surface area contributed by atoms with Crippen molar-refractivity contribution in [2.24, 2.45) is 0 Å². The van der Waals surface area contributed by atoms with Gasteiger partial charge in [0.2, 0.25) is 11.9 Å². The summed E-state index contributed by atoms with van der Waals surface area (Å²) in [7, 11) is 0. The summed E-state index contributed by atoms with van der Waals surface area (Å²) in [5, 5.41) is 13.1. The first-order valence-corrected chi connectivity index (χ1v) is 10.4. The van der Waals surface area contributed by atoms with E-state index in [1.54, 1.807) is 0 Å². The molecule has 1 aliphatic rings. The van der Waals surface area contributed by atoms with E-state index in [-0.39, 0.29) is 11.9 Å². The van der Waals surface area contributed by atoms with Gasteiger partial charge in [-0.2, -0.15) is 0 Å². The smallest absolute Gasteiger partial charge is 0.230 e. The third-order valence-electron chi connectivity index (χ3n) is 4.39. The maximum Gasteiger partial charge on any atom is 0.230 e. The van der Waals surface area contributed by atoms with Crippen LogP contribution in [0.3, 0.4) is 0 Å². The zero-order chi connectivity index (χ0) is 19.2. The Morgan fingerprint density at radius 3 is 2.67 bits per heavy atom. The molecule has 0 saturated carbocycles. The molecule has 1 aliphatic heterocycles. The predicted octanol–water partition coefficient (Wildman–Crippen LogP) is 2.76. The van der Waals surface area contributed by atoms with Crippen LogP contribution in [0.25, 0.3) is 0 Å². The second-order valence-electron chi connectivity index (χ2n) is 6.26. The lowest BCUT2D eigenvalue weighted by molar-refractivity contribution is -0.119. The van der Waals surface area contributed by atoms with E-state index in [1.807, 2.05) is 35.8 Å². The zero-order valence-electron chi connectivity index (χ0n) is 15.5. The lowest BCUT2D eigenvalue weighted by Gasteiger charge is -2.27. The highest BCUT2D eigenvalue weighted by molar-refractivity contribution is 7.99. The maximum absolute atomic E-state index is 12.3. The van der Waals surface area contributed by atoms with Crippen molar-refractivity contribution >= 4 is 35.2 Å². The Morgan fingerprint density at radius 1 is 1.30 bits per heavy atom. The van der Waals surface area contributed by atoms with E-state index >= 15 is 0 Å². The highest BCUT2D eigenvalue weighted by atomic mass is 35.5. The first-order chi connectivity index (χ1) is 13.1. The number of benzene rings is 1. The van der Waals surface area contributed by atoms with E-state index in [1.165, 1.54) is 11.8 Å². The Kier molecular flexibility index (Phi) is 6.98. The van der Waals surface area contributed by atoms with Crippen LogP contribution in [-0.2, 0) is 16.1 Å². The number of ether oxygens (including phenoxy) is 1. The third-order valence-corrected chi connectivity index (χ3v) is 5.61. The summed E-state index contributed by atoms with van der Waals surface area (Å²) in [4.78, 5) is 14.5. The van der Waals surface area contributed by atoms with Gasteiger partial charge in [-0.3, -0.25) is 9.36 Å². The van der Waals surface area contributed by atoms with Crippen LogP contribution in [0.5, 0.6) is 0 Å². The van der Waals surface area contributed by atoms with Crippen LogP contribution in [0.2, 0.25) is 5.02 Å². The van der Waals surface area contributed by atoms with Gasteiger partial charge >= 0.3 is 0 Å². The summed E-state index contributed by atoms with van der Waals surface area (Å²) in [5.41, 5.74) is 1.02. The number of nitrogens with one attached hydrogen (secondary N) is 1. The molecule has 1 fully saturated rings. The third kappa shape index (κ3) is 5.15. The van der Waals surface area contributed by atoms with Crippen LogP contribution in [0.1, 0.15) is 25.5 Å². The van der Waals surface area contributed by atoms with Crippen LogP contribution < -0.4 is 10.2 Å². The second-order valence-corrected chi connectivity index (χ2v) is 7.63. The number of amides is 1. The molecule has 0 unspecified atom stereocenters. The zero-order valence-corrected chi connectivity index (χ0v) is 17.1. The topological polar surface area (TPSA) is 72.3 Å². The van der Waals surface area contributed by atoms with Crippen molar-refractivity contribution in [3.63, 3.8) is 0 Å². The van der Waals surface area contributed by atoms with Crippen molar-refractivity contribution in [3.8, 4) is 0 Å². The van der Waals surface area contributed by atoms with Gasteiger partial charge in [-0.25, -0.2) is 0 Å². The Labute approximate surface area is 168 Å². The Bertz CT molecular complexity index is 762. The summed E-state index contributed by atoms with van der Waals surface area (Å²) < 4.78 is 7.44. The highest BCUT2D eigenvalue weighted by Crippen LogP contribution is 2.23. The quantitative estimate of drug-likeness (QED) is 0.709. The number of halogens is 1. The molecule has 0 aliphatic carbocycles. The van der Waals surface area contributed by atoms with Crippen LogP contribution in [0.15, 0.2) is 29.4 Å². The molecular formula is C18H24ClN5O2S. The Balaban J connectivity index is 1.56. The monoisotopic (exact) mass is 409 g/mol. The van der Waals surface area contributed by atoms with Crippen molar-refractivity contribution in [2.75, 3.05) is 37.0 Å². The van der Waals surface area contributed by atoms with E-state index in [9.17, 15) is 4.79 Å². The first-order valence-electron chi connectivity index (χ1n) is 9.02. The summed E-state index contributed by atoms with van der Waals surface area (Å²) in [5.74, 6) is 1.10. The molecule has 9 heteroatoms. The van der Waals surface area contributed by atoms with Crippen LogP contribution in [0.4, 0.5) is 5.95 Å².